The van der Waals surface area contributed by atoms with E-state index in [1.54, 1.807) is 25.1 Å². The van der Waals surface area contributed by atoms with Crippen LogP contribution in [0.25, 0.3) is 11.2 Å². The van der Waals surface area contributed by atoms with Crippen molar-refractivity contribution in [2.24, 2.45) is 11.1 Å². The van der Waals surface area contributed by atoms with Gasteiger partial charge in [0.05, 0.1) is 17.9 Å². The number of nitrogens with one attached hydrogen (secondary N) is 1. The third-order valence-corrected chi connectivity index (χ3v) is 4.56. The van der Waals surface area contributed by atoms with Crippen molar-refractivity contribution in [3.8, 4) is 12.3 Å². The summed E-state index contributed by atoms with van der Waals surface area (Å²) in [5.41, 5.74) is 1.35. The van der Waals surface area contributed by atoms with Crippen molar-refractivity contribution < 1.29 is 17.9 Å². The van der Waals surface area contributed by atoms with Crippen molar-refractivity contribution in [2.45, 2.75) is 32.2 Å². The minimum Gasteiger partial charge on any atom is -0.397 e. The number of hydrogen-bond acceptors (Lipinski definition) is 6. The zero-order valence-corrected chi connectivity index (χ0v) is 15.5. The summed E-state index contributed by atoms with van der Waals surface area (Å²) in [5.74, 6) is 2.14. The molecule has 0 unspecified atom stereocenters. The number of halogens is 3. The lowest BCUT2D eigenvalue weighted by atomic mass is 9.81. The predicted octanol–water partition coefficient (Wildman–Crippen LogP) is 4.14. The molecule has 0 atom stereocenters. The quantitative estimate of drug-likeness (QED) is 0.324. The first-order valence-electron chi connectivity index (χ1n) is 8.84. The van der Waals surface area contributed by atoms with E-state index in [4.69, 9.17) is 6.42 Å². The number of rotatable bonds is 7. The second-order valence-corrected chi connectivity index (χ2v) is 6.55. The van der Waals surface area contributed by atoms with Gasteiger partial charge in [-0.05, 0) is 49.8 Å². The Kier molecular flexibility index (Phi) is 5.87. The molecule has 2 aromatic rings. The number of hydrogen-bond donors (Lipinski definition) is 1. The van der Waals surface area contributed by atoms with E-state index < -0.39 is 12.1 Å². The van der Waals surface area contributed by atoms with Gasteiger partial charge in [-0.1, -0.05) is 11.3 Å². The van der Waals surface area contributed by atoms with E-state index in [9.17, 15) is 18.1 Å². The molecule has 152 valence electrons. The number of alkyl halides is 3. The number of allylic oxidation sites excluding steroid dienone is 4. The lowest BCUT2D eigenvalue weighted by molar-refractivity contribution is -0.302. The second kappa shape index (κ2) is 8.34. The van der Waals surface area contributed by atoms with Crippen molar-refractivity contribution in [3.63, 3.8) is 0 Å². The first kappa shape index (κ1) is 20.4. The summed E-state index contributed by atoms with van der Waals surface area (Å²) in [7, 11) is 0. The average molecular weight is 405 g/mol. The summed E-state index contributed by atoms with van der Waals surface area (Å²) in [6.07, 6.45) is 5.93. The van der Waals surface area contributed by atoms with E-state index in [0.29, 0.717) is 35.2 Å². The summed E-state index contributed by atoms with van der Waals surface area (Å²) in [6, 6.07) is 3.39. The standard InChI is InChI=1S/C19H18F3N5O2/c1-3-13(9-15(4-2)29-19(20,21)22)16-11-24-18-6-5-17(25-27(16)18)23-10-12-7-14(8-12)26-28/h2-3,5-6,9,11-12,14H,7-8,10H2,1H3,(H,23,25)/b13-3+,15-9+. The van der Waals surface area contributed by atoms with Crippen molar-refractivity contribution >= 4 is 17.0 Å². The SMILES string of the molecule is C#C/C(=C\C(=C/C)c1cnc2ccc(NCC3CC(N=O)C3)nn12)OC(F)(F)F. The maximum atomic E-state index is 12.5. The molecule has 0 aromatic carbocycles. The van der Waals surface area contributed by atoms with Gasteiger partial charge in [0, 0.05) is 12.1 Å². The molecule has 1 N–H and O–H groups in total. The highest BCUT2D eigenvalue weighted by atomic mass is 19.4. The maximum absolute atomic E-state index is 12.5. The van der Waals surface area contributed by atoms with Crippen LogP contribution in [0.2, 0.25) is 0 Å². The number of nitrogens with zero attached hydrogens (tertiary/aromatic N) is 4. The van der Waals surface area contributed by atoms with Gasteiger partial charge in [0.1, 0.15) is 5.82 Å². The Morgan fingerprint density at radius 1 is 1.48 bits per heavy atom. The first-order valence-corrected chi connectivity index (χ1v) is 8.84. The number of anilines is 1. The van der Waals surface area contributed by atoms with Crippen LogP contribution in [0.5, 0.6) is 0 Å². The molecule has 0 bridgehead atoms. The Balaban J connectivity index is 1.81. The lowest BCUT2D eigenvalue weighted by Gasteiger charge is -2.30. The maximum Gasteiger partial charge on any atom is 0.573 e. The summed E-state index contributed by atoms with van der Waals surface area (Å²) in [5, 5.41) is 10.7. The monoisotopic (exact) mass is 405 g/mol. The summed E-state index contributed by atoms with van der Waals surface area (Å²) >= 11 is 0. The van der Waals surface area contributed by atoms with Gasteiger partial charge in [0.2, 0.25) is 0 Å². The van der Waals surface area contributed by atoms with Crippen molar-refractivity contribution in [1.82, 2.24) is 14.6 Å². The van der Waals surface area contributed by atoms with E-state index in [1.807, 2.05) is 5.92 Å². The summed E-state index contributed by atoms with van der Waals surface area (Å²) in [4.78, 5) is 14.7. The molecule has 1 aliphatic rings. The molecule has 0 amide bonds. The van der Waals surface area contributed by atoms with Crippen LogP contribution < -0.4 is 5.32 Å². The van der Waals surface area contributed by atoms with Crippen molar-refractivity contribution in [3.05, 3.63) is 46.8 Å². The fourth-order valence-corrected chi connectivity index (χ4v) is 3.04. The smallest absolute Gasteiger partial charge is 0.397 e. The molecule has 1 fully saturated rings. The molecule has 2 aromatic heterocycles. The van der Waals surface area contributed by atoms with Gasteiger partial charge < -0.3 is 10.1 Å². The molecule has 29 heavy (non-hydrogen) atoms. The highest BCUT2D eigenvalue weighted by Crippen LogP contribution is 2.30. The molecule has 2 heterocycles. The topological polar surface area (TPSA) is 80.9 Å². The minimum atomic E-state index is -4.88. The molecular weight excluding hydrogens is 387 g/mol. The molecule has 0 aliphatic heterocycles. The van der Waals surface area contributed by atoms with Gasteiger partial charge >= 0.3 is 6.36 Å². The molecule has 3 rings (SSSR count). The highest BCUT2D eigenvalue weighted by molar-refractivity contribution is 5.74. The zero-order valence-electron chi connectivity index (χ0n) is 15.5. The minimum absolute atomic E-state index is 0.106. The fraction of sp³-hybridized carbons (Fsp3) is 0.368. The van der Waals surface area contributed by atoms with Crippen LogP contribution in [-0.4, -0.2) is 33.5 Å². The largest absolute Gasteiger partial charge is 0.573 e. The van der Waals surface area contributed by atoms with Crippen LogP contribution in [-0.2, 0) is 4.74 Å². The van der Waals surface area contributed by atoms with Gasteiger partial charge in [0.25, 0.3) is 0 Å². The Hall–Kier alpha value is -3.35. The van der Waals surface area contributed by atoms with Gasteiger partial charge in [-0.2, -0.15) is 4.91 Å². The molecule has 0 saturated heterocycles. The van der Waals surface area contributed by atoms with E-state index in [1.165, 1.54) is 10.7 Å². The number of nitroso groups, excluding NO2 is 1. The third-order valence-electron chi connectivity index (χ3n) is 4.56. The molecule has 1 saturated carbocycles. The molecule has 10 heteroatoms. The summed E-state index contributed by atoms with van der Waals surface area (Å²) < 4.78 is 42.8. The molecule has 0 radical (unpaired) electrons. The lowest BCUT2D eigenvalue weighted by Crippen LogP contribution is -2.32. The van der Waals surface area contributed by atoms with E-state index in [0.717, 1.165) is 18.9 Å². The van der Waals surface area contributed by atoms with Gasteiger partial charge in [0.15, 0.2) is 11.4 Å². The Morgan fingerprint density at radius 2 is 2.24 bits per heavy atom. The zero-order chi connectivity index (χ0) is 21.0. The number of imidazole rings is 1. The van der Waals surface area contributed by atoms with Crippen LogP contribution in [0.4, 0.5) is 19.0 Å². The highest BCUT2D eigenvalue weighted by Gasteiger charge is 2.32. The molecule has 1 aliphatic carbocycles. The molecule has 7 nitrogen and oxygen atoms in total. The average Bonchev–Trinajstić information content (AvgIpc) is 3.06. The van der Waals surface area contributed by atoms with Crippen molar-refractivity contribution in [2.75, 3.05) is 11.9 Å². The fourth-order valence-electron chi connectivity index (χ4n) is 3.04. The number of aromatic nitrogens is 3. The Morgan fingerprint density at radius 3 is 2.86 bits per heavy atom. The second-order valence-electron chi connectivity index (χ2n) is 6.55. The first-order chi connectivity index (χ1) is 13.8. The Labute approximate surface area is 164 Å². The van der Waals surface area contributed by atoms with E-state index in [2.05, 4.69) is 25.3 Å². The molecule has 0 spiro atoms. The van der Waals surface area contributed by atoms with Gasteiger partial charge in [-0.25, -0.2) is 9.50 Å². The number of ether oxygens (including phenoxy) is 1. The summed E-state index contributed by atoms with van der Waals surface area (Å²) in [6.45, 7) is 2.30. The predicted molar refractivity (Wildman–Crippen MR) is 101 cm³/mol. The number of fused-ring (bicyclic) bond motifs is 1. The van der Waals surface area contributed by atoms with Crippen LogP contribution >= 0.6 is 0 Å². The Bertz CT molecular complexity index is 997. The van der Waals surface area contributed by atoms with Crippen molar-refractivity contribution in [1.29, 1.82) is 0 Å². The van der Waals surface area contributed by atoms with Gasteiger partial charge in [-0.3, -0.25) is 0 Å². The van der Waals surface area contributed by atoms with E-state index in [-0.39, 0.29) is 6.04 Å². The van der Waals surface area contributed by atoms with Gasteiger partial charge in [-0.15, -0.1) is 24.7 Å². The van der Waals surface area contributed by atoms with Crippen LogP contribution in [0.15, 0.2) is 41.4 Å². The van der Waals surface area contributed by atoms with E-state index >= 15 is 0 Å². The molecular formula is C19H18F3N5O2. The normalized spacial score (nSPS) is 20.1. The number of terminal acetylenes is 1. The van der Waals surface area contributed by atoms with Crippen LogP contribution in [0, 0.1) is 23.2 Å². The van der Waals surface area contributed by atoms with Crippen LogP contribution in [0.1, 0.15) is 25.5 Å². The van der Waals surface area contributed by atoms with Crippen LogP contribution in [0.3, 0.4) is 0 Å². The third kappa shape index (κ3) is 4.93.